The van der Waals surface area contributed by atoms with E-state index in [9.17, 15) is 0 Å². The van der Waals surface area contributed by atoms with Gasteiger partial charge < -0.3 is 0 Å². The first kappa shape index (κ1) is 38.7. The quantitative estimate of drug-likeness (QED) is 0.0913. The van der Waals surface area contributed by atoms with E-state index in [1.807, 2.05) is 0 Å². The molecular weight excluding hydrogens is 867 g/mol. The van der Waals surface area contributed by atoms with Crippen LogP contribution in [0.1, 0.15) is 61.2 Å². The number of hydrogen-bond acceptors (Lipinski definition) is 1. The van der Waals surface area contributed by atoms with Crippen LogP contribution in [0.3, 0.4) is 0 Å². The maximum atomic E-state index is 3.44. The van der Waals surface area contributed by atoms with Gasteiger partial charge in [-0.25, -0.2) is 0 Å². The van der Waals surface area contributed by atoms with Crippen molar-refractivity contribution in [1.29, 1.82) is 0 Å². The molecule has 1 nitrogen and oxygen atoms in total. The Labute approximate surface area is 372 Å². The van der Waals surface area contributed by atoms with Crippen LogP contribution in [-0.4, -0.2) is 6.71 Å². The number of aryl methyl sites for hydroxylation is 7. The van der Waals surface area contributed by atoms with Crippen molar-refractivity contribution in [1.82, 2.24) is 0 Å². The predicted octanol–water partition coefficient (Wildman–Crippen LogP) is 12.5. The van der Waals surface area contributed by atoms with Gasteiger partial charge >= 0.3 is 374 Å². The third-order valence-electron chi connectivity index (χ3n) is 13.5. The average molecular weight is 918 g/mol. The number of nitrogens with zero attached hydrogens (tertiary/aromatic N) is 1. The van der Waals surface area contributed by atoms with Gasteiger partial charge in [0.25, 0.3) is 0 Å². The number of hydrogen-bond donors (Lipinski definition) is 0. The van der Waals surface area contributed by atoms with Gasteiger partial charge in [0, 0.05) is 0 Å². The van der Waals surface area contributed by atoms with Crippen molar-refractivity contribution in [3.05, 3.63) is 230 Å². The molecule has 2 aliphatic heterocycles. The summed E-state index contributed by atoms with van der Waals surface area (Å²) in [6.45, 7) is 13.7. The van der Waals surface area contributed by atoms with Gasteiger partial charge in [-0.15, -0.1) is 0 Å². The van der Waals surface area contributed by atoms with Crippen LogP contribution in [0.4, 0.5) is 17.1 Å². The zero-order chi connectivity index (χ0) is 41.7. The van der Waals surface area contributed by atoms with E-state index in [0.29, 0.717) is 0 Å². The zero-order valence-electron chi connectivity index (χ0n) is 35.9. The summed E-state index contributed by atoms with van der Waals surface area (Å²) in [4.78, 5) is 2.61. The molecule has 0 radical (unpaired) electrons. The van der Waals surface area contributed by atoms with Gasteiger partial charge in [0.15, 0.2) is 0 Å². The zero-order valence-corrected chi connectivity index (χ0v) is 39.2. The first-order valence-electron chi connectivity index (χ1n) is 21.7. The van der Waals surface area contributed by atoms with E-state index >= 15 is 0 Å². The topological polar surface area (TPSA) is 3.24 Å². The fourth-order valence-corrected chi connectivity index (χ4v) is 18.2. The third kappa shape index (κ3) is 6.05. The first-order chi connectivity index (χ1) is 29.6. The Bertz CT molecular complexity index is 3050. The Kier molecular flexibility index (Phi) is 9.33. The monoisotopic (exact) mass is 917 g/mol. The van der Waals surface area contributed by atoms with Crippen LogP contribution < -0.4 is 21.3 Å². The summed E-state index contributed by atoms with van der Waals surface area (Å²) in [6, 6.07) is 61.5. The van der Waals surface area contributed by atoms with E-state index in [1.165, 1.54) is 104 Å². The number of rotatable bonds is 6. The molecule has 8 aromatic carbocycles. The molecule has 8 aromatic rings. The molecule has 0 spiro atoms. The molecule has 2 atom stereocenters. The molecular formula is C57H50BINP. The van der Waals surface area contributed by atoms with Crippen molar-refractivity contribution in [3.63, 3.8) is 0 Å². The van der Waals surface area contributed by atoms with Gasteiger partial charge in [-0.3, -0.25) is 0 Å². The molecule has 0 fully saturated rings. The van der Waals surface area contributed by atoms with Crippen LogP contribution in [0, 0.1) is 52.3 Å². The molecule has 11 rings (SSSR count). The minimum atomic E-state index is -2.37. The van der Waals surface area contributed by atoms with E-state index in [-0.39, 0.29) is 11.9 Å². The molecule has 61 heavy (non-hydrogen) atoms. The molecule has 0 amide bonds. The number of halogens is 1. The standard InChI is InChI=1S/C57H50BINP/c1-35-16-22-41(23-17-35)24-29-46-53-45-14-10-11-15-47(45)57(61,42-12-8-7-9-13-42)48(53)34-50-55(46)58-54-40(6)30-38(4)32-51(54)60(44-27-20-37(3)21-28-44)52-33-39(5)31-49(56(52)58)59(50)43-25-18-36(2)19-26-43/h7-23,25-28,30-34H,24,29,61H2,1-6H3. The second kappa shape index (κ2) is 14.7. The van der Waals surface area contributed by atoms with Crippen LogP contribution in [-0.2, 0) is 18.0 Å². The molecule has 4 heteroatoms. The molecule has 0 bridgehead atoms. The van der Waals surface area contributed by atoms with Gasteiger partial charge in [0.05, 0.1) is 0 Å². The molecule has 3 aliphatic rings. The predicted molar refractivity (Wildman–Crippen MR) is 273 cm³/mol. The summed E-state index contributed by atoms with van der Waals surface area (Å²) in [5, 5.41) is -0.381. The van der Waals surface area contributed by atoms with Gasteiger partial charge in [-0.05, 0) is 0 Å². The molecule has 0 saturated heterocycles. The summed E-state index contributed by atoms with van der Waals surface area (Å²) in [5.74, 6) is 0. The fraction of sp³-hybridized carbons (Fsp3) is 0.158. The Hall–Kier alpha value is -5.22. The summed E-state index contributed by atoms with van der Waals surface area (Å²) >= 11 is -2.37. The van der Waals surface area contributed by atoms with E-state index in [2.05, 4.69) is 213 Å². The molecule has 1 aliphatic carbocycles. The van der Waals surface area contributed by atoms with Crippen molar-refractivity contribution >= 4 is 69.2 Å². The molecule has 0 aromatic heterocycles. The maximum absolute atomic E-state index is 3.44. The minimum absolute atomic E-state index is 0.0959. The summed E-state index contributed by atoms with van der Waals surface area (Å²) in [6.07, 6.45) is 1.94. The van der Waals surface area contributed by atoms with E-state index in [4.69, 9.17) is 0 Å². The van der Waals surface area contributed by atoms with Crippen LogP contribution in [0.5, 0.6) is 0 Å². The first-order valence-corrected chi connectivity index (χ1v) is 25.5. The van der Waals surface area contributed by atoms with Crippen molar-refractivity contribution in [3.8, 4) is 11.1 Å². The van der Waals surface area contributed by atoms with Crippen molar-refractivity contribution < 1.29 is 0 Å². The third-order valence-corrected chi connectivity index (χ3v) is 20.6. The number of anilines is 3. The van der Waals surface area contributed by atoms with E-state index < -0.39 is 19.8 Å². The van der Waals surface area contributed by atoms with Crippen molar-refractivity contribution in [2.45, 2.75) is 59.5 Å². The van der Waals surface area contributed by atoms with E-state index in [1.54, 1.807) is 12.6 Å². The normalized spacial score (nSPS) is 16.1. The van der Waals surface area contributed by atoms with E-state index in [0.717, 1.165) is 12.8 Å². The van der Waals surface area contributed by atoms with Gasteiger partial charge in [0.2, 0.25) is 0 Å². The second-order valence-electron chi connectivity index (χ2n) is 17.8. The second-order valence-corrected chi connectivity index (χ2v) is 23.8. The Morgan fingerprint density at radius 3 is 1.82 bits per heavy atom. The summed E-state index contributed by atoms with van der Waals surface area (Å²) in [5.41, 5.74) is 26.2. The van der Waals surface area contributed by atoms with Crippen LogP contribution in [0.25, 0.3) is 11.1 Å². The molecule has 0 N–H and O–H groups in total. The fourth-order valence-electron chi connectivity index (χ4n) is 10.7. The number of fused-ring (bicyclic) bond motifs is 7. The van der Waals surface area contributed by atoms with Crippen molar-refractivity contribution in [2.24, 2.45) is 0 Å². The molecule has 2 heterocycles. The van der Waals surface area contributed by atoms with Crippen LogP contribution in [0.2, 0.25) is 0 Å². The number of benzene rings is 8. The SMILES string of the molecule is Cc1ccc(CCc2c3c(cc4c2-c2ccccc2C4(P)c2ccccc2)I(c2ccc(C)cc2)c2cc(C)cc4c2B3c2c(C)cc(C)cc2N4c2ccc(C)cc2)cc1. The Balaban J connectivity index is 1.30. The van der Waals surface area contributed by atoms with Crippen LogP contribution >= 0.6 is 29.1 Å². The van der Waals surface area contributed by atoms with Gasteiger partial charge in [0.1, 0.15) is 0 Å². The molecule has 298 valence electrons. The summed E-state index contributed by atoms with van der Waals surface area (Å²) in [7, 11) is 3.44. The Morgan fingerprint density at radius 1 is 0.525 bits per heavy atom. The molecule has 0 saturated carbocycles. The van der Waals surface area contributed by atoms with Crippen LogP contribution in [0.15, 0.2) is 158 Å². The van der Waals surface area contributed by atoms with Crippen molar-refractivity contribution in [2.75, 3.05) is 4.90 Å². The Morgan fingerprint density at radius 2 is 1.11 bits per heavy atom. The molecule has 2 unspecified atom stereocenters. The van der Waals surface area contributed by atoms with Gasteiger partial charge in [-0.2, -0.15) is 0 Å². The summed E-state index contributed by atoms with van der Waals surface area (Å²) < 4.78 is 4.69. The average Bonchev–Trinajstić information content (AvgIpc) is 3.52. The van der Waals surface area contributed by atoms with Gasteiger partial charge in [-0.1, -0.05) is 0 Å².